The number of thioether (sulfide) groups is 1. The van der Waals surface area contributed by atoms with Gasteiger partial charge in [-0.25, -0.2) is 4.98 Å². The highest BCUT2D eigenvalue weighted by molar-refractivity contribution is 8.00. The zero-order valence-electron chi connectivity index (χ0n) is 18.8. The number of nitrogens with one attached hydrogen (secondary N) is 1. The van der Waals surface area contributed by atoms with Gasteiger partial charge in [-0.3, -0.25) is 9.59 Å². The highest BCUT2D eigenvalue weighted by atomic mass is 32.2. The second kappa shape index (κ2) is 11.5. The average molecular weight is 479 g/mol. The Morgan fingerprint density at radius 3 is 2.41 bits per heavy atom. The van der Waals surface area contributed by atoms with Crippen molar-refractivity contribution in [2.24, 2.45) is 5.73 Å². The van der Waals surface area contributed by atoms with E-state index in [2.05, 4.69) is 17.5 Å². The van der Waals surface area contributed by atoms with Crippen LogP contribution in [0.3, 0.4) is 0 Å². The van der Waals surface area contributed by atoms with E-state index in [1.54, 1.807) is 12.1 Å². The molecule has 0 spiro atoms. The van der Waals surface area contributed by atoms with Crippen molar-refractivity contribution in [3.8, 4) is 12.1 Å². The number of aliphatic hydroxyl groups is 1. The number of nitrogens with zero attached hydrogens (tertiary/aromatic N) is 4. The number of pyridine rings is 1. The van der Waals surface area contributed by atoms with E-state index in [1.165, 1.54) is 0 Å². The SMILES string of the molecule is CCc1c(C#N)c(SC(C(N)=O)c2ccccc2)nc(N2CCC(NC(=O)CO)CC2)c1C#N. The Hall–Kier alpha value is -3.60. The van der Waals surface area contributed by atoms with Crippen LogP contribution in [0.15, 0.2) is 35.4 Å². The van der Waals surface area contributed by atoms with Gasteiger partial charge in [0.1, 0.15) is 34.8 Å². The van der Waals surface area contributed by atoms with Gasteiger partial charge in [-0.15, -0.1) is 0 Å². The number of carbonyl (C=O) groups is 2. The first-order chi connectivity index (χ1) is 16.4. The van der Waals surface area contributed by atoms with Crippen molar-refractivity contribution in [3.05, 3.63) is 52.6 Å². The second-order valence-electron chi connectivity index (χ2n) is 7.84. The fraction of sp³-hybridized carbons (Fsp3) is 0.375. The molecule has 2 heterocycles. The smallest absolute Gasteiger partial charge is 0.245 e. The van der Waals surface area contributed by atoms with E-state index in [0.29, 0.717) is 59.9 Å². The van der Waals surface area contributed by atoms with Crippen molar-refractivity contribution in [2.75, 3.05) is 24.6 Å². The topological polar surface area (TPSA) is 156 Å². The van der Waals surface area contributed by atoms with Gasteiger partial charge in [0.05, 0.1) is 11.1 Å². The van der Waals surface area contributed by atoms with Gasteiger partial charge < -0.3 is 21.1 Å². The maximum Gasteiger partial charge on any atom is 0.245 e. The number of carbonyl (C=O) groups excluding carboxylic acids is 2. The minimum absolute atomic E-state index is 0.0726. The van der Waals surface area contributed by atoms with E-state index < -0.39 is 23.7 Å². The predicted molar refractivity (Wildman–Crippen MR) is 128 cm³/mol. The van der Waals surface area contributed by atoms with E-state index >= 15 is 0 Å². The summed E-state index contributed by atoms with van der Waals surface area (Å²) in [6, 6.07) is 13.4. The maximum atomic E-state index is 12.3. The Balaban J connectivity index is 1.99. The molecule has 0 radical (unpaired) electrons. The lowest BCUT2D eigenvalue weighted by Gasteiger charge is -2.34. The second-order valence-corrected chi connectivity index (χ2v) is 8.94. The van der Waals surface area contributed by atoms with Crippen LogP contribution < -0.4 is 16.0 Å². The van der Waals surface area contributed by atoms with Gasteiger partial charge in [0.15, 0.2) is 0 Å². The van der Waals surface area contributed by atoms with Gasteiger partial charge in [-0.1, -0.05) is 49.0 Å². The zero-order chi connectivity index (χ0) is 24.7. The molecular weight excluding hydrogens is 452 g/mol. The molecule has 0 bridgehead atoms. The third-order valence-corrected chi connectivity index (χ3v) is 6.98. The van der Waals surface area contributed by atoms with E-state index in [4.69, 9.17) is 15.8 Å². The summed E-state index contributed by atoms with van der Waals surface area (Å²) in [6.07, 6.45) is 1.69. The number of rotatable bonds is 8. The minimum Gasteiger partial charge on any atom is -0.387 e. The summed E-state index contributed by atoms with van der Waals surface area (Å²) in [6.45, 7) is 2.39. The lowest BCUT2D eigenvalue weighted by Crippen LogP contribution is -2.46. The molecule has 1 aliphatic rings. The fourth-order valence-corrected chi connectivity index (χ4v) is 5.09. The summed E-state index contributed by atoms with van der Waals surface area (Å²) in [7, 11) is 0. The molecular formula is C24H26N6O3S. The first-order valence-corrected chi connectivity index (χ1v) is 11.8. The van der Waals surface area contributed by atoms with Gasteiger partial charge >= 0.3 is 0 Å². The Labute approximate surface area is 202 Å². The lowest BCUT2D eigenvalue weighted by atomic mass is 10.00. The van der Waals surface area contributed by atoms with Crippen molar-refractivity contribution >= 4 is 29.4 Å². The zero-order valence-corrected chi connectivity index (χ0v) is 19.6. The van der Waals surface area contributed by atoms with Crippen molar-refractivity contribution in [2.45, 2.75) is 42.5 Å². The number of piperidine rings is 1. The maximum absolute atomic E-state index is 12.3. The van der Waals surface area contributed by atoms with Crippen LogP contribution in [0, 0.1) is 22.7 Å². The highest BCUT2D eigenvalue weighted by Crippen LogP contribution is 2.39. The Morgan fingerprint density at radius 2 is 1.88 bits per heavy atom. The van der Waals surface area contributed by atoms with E-state index in [9.17, 15) is 20.1 Å². The van der Waals surface area contributed by atoms with Crippen LogP contribution in [0.2, 0.25) is 0 Å². The van der Waals surface area contributed by atoms with Crippen LogP contribution in [0.5, 0.6) is 0 Å². The van der Waals surface area contributed by atoms with Crippen LogP contribution in [0.4, 0.5) is 5.82 Å². The summed E-state index contributed by atoms with van der Waals surface area (Å²) in [5, 5.41) is 31.2. The largest absolute Gasteiger partial charge is 0.387 e. The highest BCUT2D eigenvalue weighted by Gasteiger charge is 2.29. The van der Waals surface area contributed by atoms with Crippen molar-refractivity contribution in [3.63, 3.8) is 0 Å². The van der Waals surface area contributed by atoms with Crippen molar-refractivity contribution in [1.82, 2.24) is 10.3 Å². The van der Waals surface area contributed by atoms with Gasteiger partial charge in [0.2, 0.25) is 11.8 Å². The first kappa shape index (κ1) is 25.0. The quantitative estimate of drug-likeness (QED) is 0.485. The number of anilines is 1. The molecule has 1 aromatic carbocycles. The van der Waals surface area contributed by atoms with Crippen LogP contribution in [-0.2, 0) is 16.0 Å². The summed E-state index contributed by atoms with van der Waals surface area (Å²) in [4.78, 5) is 30.5. The van der Waals surface area contributed by atoms with Crippen LogP contribution >= 0.6 is 11.8 Å². The average Bonchev–Trinajstić information content (AvgIpc) is 2.86. The first-order valence-electron chi connectivity index (χ1n) is 11.0. The summed E-state index contributed by atoms with van der Waals surface area (Å²) >= 11 is 1.11. The Morgan fingerprint density at radius 1 is 1.24 bits per heavy atom. The molecule has 9 nitrogen and oxygen atoms in total. The Kier molecular flexibility index (Phi) is 8.47. The van der Waals surface area contributed by atoms with E-state index in [1.807, 2.05) is 30.0 Å². The number of nitrogens with two attached hydrogens (primary N) is 1. The molecule has 1 unspecified atom stereocenters. The molecule has 0 saturated carbocycles. The number of primary amides is 1. The monoisotopic (exact) mass is 478 g/mol. The lowest BCUT2D eigenvalue weighted by molar-refractivity contribution is -0.124. The Bertz CT molecular complexity index is 1130. The van der Waals surface area contributed by atoms with Crippen LogP contribution in [0.25, 0.3) is 0 Å². The molecule has 1 aliphatic heterocycles. The van der Waals surface area contributed by atoms with Crippen molar-refractivity contribution < 1.29 is 14.7 Å². The van der Waals surface area contributed by atoms with Gasteiger partial charge in [0, 0.05) is 19.1 Å². The standard InChI is InChI=1S/C24H26N6O3S/c1-2-17-18(12-25)23(30-10-8-16(9-11-30)28-20(32)14-31)29-24(19(17)13-26)34-21(22(27)33)15-6-4-3-5-7-15/h3-7,16,21,31H,2,8-11,14H2,1H3,(H2,27,33)(H,28,32). The summed E-state index contributed by atoms with van der Waals surface area (Å²) < 4.78 is 0. The number of nitriles is 2. The number of aliphatic hydroxyl groups excluding tert-OH is 1. The number of aromatic nitrogens is 1. The third kappa shape index (κ3) is 5.48. The van der Waals surface area contributed by atoms with Gasteiger partial charge in [-0.2, -0.15) is 10.5 Å². The molecule has 1 fully saturated rings. The predicted octanol–water partition coefficient (Wildman–Crippen LogP) is 1.78. The van der Waals surface area contributed by atoms with Crippen molar-refractivity contribution in [1.29, 1.82) is 10.5 Å². The molecule has 4 N–H and O–H groups in total. The number of benzene rings is 1. The molecule has 1 saturated heterocycles. The van der Waals surface area contributed by atoms with Crippen LogP contribution in [-0.4, -0.2) is 47.6 Å². The molecule has 2 aromatic rings. The summed E-state index contributed by atoms with van der Waals surface area (Å²) in [5.41, 5.74) is 7.61. The fourth-order valence-electron chi connectivity index (χ4n) is 4.04. The molecule has 176 valence electrons. The number of hydrogen-bond donors (Lipinski definition) is 3. The van der Waals surface area contributed by atoms with Gasteiger partial charge in [-0.05, 0) is 30.4 Å². The van der Waals surface area contributed by atoms with E-state index in [0.717, 1.165) is 11.8 Å². The normalized spacial score (nSPS) is 14.6. The number of hydrogen-bond acceptors (Lipinski definition) is 8. The molecule has 3 rings (SSSR count). The minimum atomic E-state index is -0.745. The molecule has 0 aliphatic carbocycles. The number of amides is 2. The molecule has 1 atom stereocenters. The molecule has 34 heavy (non-hydrogen) atoms. The van der Waals surface area contributed by atoms with Crippen LogP contribution in [0.1, 0.15) is 47.3 Å². The molecule has 2 amide bonds. The molecule has 1 aromatic heterocycles. The third-order valence-electron chi connectivity index (χ3n) is 5.72. The molecule has 10 heteroatoms. The van der Waals surface area contributed by atoms with Gasteiger partial charge in [0.25, 0.3) is 0 Å². The summed E-state index contributed by atoms with van der Waals surface area (Å²) in [5.74, 6) is -0.506. The van der Waals surface area contributed by atoms with E-state index in [-0.39, 0.29) is 11.6 Å².